The second-order valence-corrected chi connectivity index (χ2v) is 7.36. The van der Waals surface area contributed by atoms with Crippen LogP contribution < -0.4 is 25.9 Å². The Bertz CT molecular complexity index is 1460. The maximum Gasteiger partial charge on any atom is 0.316 e. The molecule has 0 aliphatic carbocycles. The molecule has 1 heterocycles. The predicted octanol–water partition coefficient (Wildman–Crippen LogP) is 3.68. The highest BCUT2D eigenvalue weighted by molar-refractivity contribution is 6.07. The van der Waals surface area contributed by atoms with E-state index in [-0.39, 0.29) is 0 Å². The number of para-hydroxylation sites is 2. The van der Waals surface area contributed by atoms with Gasteiger partial charge in [0.15, 0.2) is 5.75 Å². The molecule has 168 valence electrons. The van der Waals surface area contributed by atoms with Gasteiger partial charge in [0.25, 0.3) is 5.91 Å². The molecule has 0 radical (unpaired) electrons. The van der Waals surface area contributed by atoms with Crippen molar-refractivity contribution in [2.75, 3.05) is 11.9 Å². The molecule has 8 heteroatoms. The number of ether oxygens (including phenoxy) is 2. The van der Waals surface area contributed by atoms with Crippen molar-refractivity contribution in [3.05, 3.63) is 93.0 Å². The largest absolute Gasteiger partial charge is 0.493 e. The lowest BCUT2D eigenvalue weighted by Crippen LogP contribution is -2.39. The summed E-state index contributed by atoms with van der Waals surface area (Å²) in [7, 11) is 3.04. The Morgan fingerprint density at radius 3 is 2.12 bits per heavy atom. The number of aromatic nitrogens is 2. The molecule has 8 nitrogen and oxygen atoms in total. The monoisotopic (exact) mass is 445 g/mol. The van der Waals surface area contributed by atoms with E-state index in [2.05, 4.69) is 5.32 Å². The standard InChI is InChI=1S/C25H23N3O5/c1-4-32-21-13-9-8-12-17(21)23(29)26-18-14-19-20(28(3)25(31)24(30)27(19)2)15-22(18)33-16-10-6-5-7-11-16/h5-15H,4H2,1-3H3,(H,26,29). The number of aryl methyl sites for hydroxylation is 2. The average Bonchev–Trinajstić information content (AvgIpc) is 2.83. The molecule has 4 rings (SSSR count). The van der Waals surface area contributed by atoms with Crippen molar-refractivity contribution in [2.24, 2.45) is 14.1 Å². The summed E-state index contributed by atoms with van der Waals surface area (Å²) in [5.74, 6) is 0.936. The number of hydrogen-bond acceptors (Lipinski definition) is 5. The summed E-state index contributed by atoms with van der Waals surface area (Å²) in [5, 5.41) is 2.87. The minimum absolute atomic E-state index is 0.324. The first-order valence-electron chi connectivity index (χ1n) is 10.4. The third-order valence-corrected chi connectivity index (χ3v) is 5.24. The maximum atomic E-state index is 13.2. The molecule has 0 saturated carbocycles. The summed E-state index contributed by atoms with van der Waals surface area (Å²) in [6.45, 7) is 2.26. The third-order valence-electron chi connectivity index (χ3n) is 5.24. The number of carbonyl (C=O) groups is 1. The van der Waals surface area contributed by atoms with Gasteiger partial charge in [-0.3, -0.25) is 14.4 Å². The first kappa shape index (κ1) is 21.9. The normalized spacial score (nSPS) is 10.8. The highest BCUT2D eigenvalue weighted by Gasteiger charge is 2.18. The van der Waals surface area contributed by atoms with E-state index >= 15 is 0 Å². The lowest BCUT2D eigenvalue weighted by Gasteiger charge is -2.17. The molecule has 0 aliphatic rings. The van der Waals surface area contributed by atoms with Crippen molar-refractivity contribution in [2.45, 2.75) is 6.92 Å². The van der Waals surface area contributed by atoms with Gasteiger partial charge in [-0.1, -0.05) is 30.3 Å². The van der Waals surface area contributed by atoms with Gasteiger partial charge >= 0.3 is 11.1 Å². The first-order chi connectivity index (χ1) is 15.9. The van der Waals surface area contributed by atoms with Crippen molar-refractivity contribution in [1.29, 1.82) is 0 Å². The van der Waals surface area contributed by atoms with Crippen molar-refractivity contribution >= 4 is 22.6 Å². The summed E-state index contributed by atoms with van der Waals surface area (Å²) < 4.78 is 14.2. The Morgan fingerprint density at radius 1 is 0.848 bits per heavy atom. The molecule has 0 saturated heterocycles. The van der Waals surface area contributed by atoms with Gasteiger partial charge in [0.1, 0.15) is 11.5 Å². The molecule has 0 spiro atoms. The zero-order valence-corrected chi connectivity index (χ0v) is 18.5. The number of nitrogens with one attached hydrogen (secondary N) is 1. The fourth-order valence-electron chi connectivity index (χ4n) is 3.52. The van der Waals surface area contributed by atoms with Crippen LogP contribution in [0.15, 0.2) is 76.3 Å². The molecule has 0 atom stereocenters. The van der Waals surface area contributed by atoms with Gasteiger partial charge < -0.3 is 23.9 Å². The molecule has 1 aromatic heterocycles. The molecule has 33 heavy (non-hydrogen) atoms. The van der Waals surface area contributed by atoms with E-state index in [1.807, 2.05) is 25.1 Å². The zero-order valence-electron chi connectivity index (χ0n) is 18.5. The topological polar surface area (TPSA) is 91.6 Å². The summed E-state index contributed by atoms with van der Waals surface area (Å²) >= 11 is 0. The van der Waals surface area contributed by atoms with Crippen LogP contribution in [0.4, 0.5) is 5.69 Å². The van der Waals surface area contributed by atoms with Gasteiger partial charge in [0, 0.05) is 20.2 Å². The highest BCUT2D eigenvalue weighted by Crippen LogP contribution is 2.34. The first-order valence-corrected chi connectivity index (χ1v) is 10.4. The number of carbonyl (C=O) groups excluding carboxylic acids is 1. The van der Waals surface area contributed by atoms with Crippen molar-refractivity contribution in [1.82, 2.24) is 9.13 Å². The number of rotatable bonds is 6. The lowest BCUT2D eigenvalue weighted by atomic mass is 10.1. The van der Waals surface area contributed by atoms with Gasteiger partial charge in [-0.15, -0.1) is 0 Å². The number of hydrogen-bond donors (Lipinski definition) is 1. The van der Waals surface area contributed by atoms with E-state index < -0.39 is 17.0 Å². The second kappa shape index (κ2) is 9.04. The molecule has 1 amide bonds. The van der Waals surface area contributed by atoms with Crippen LogP contribution in [0.2, 0.25) is 0 Å². The molecule has 0 unspecified atom stereocenters. The molecule has 1 N–H and O–H groups in total. The van der Waals surface area contributed by atoms with Gasteiger partial charge in [-0.2, -0.15) is 0 Å². The van der Waals surface area contributed by atoms with E-state index in [4.69, 9.17) is 9.47 Å². The van der Waals surface area contributed by atoms with E-state index in [1.54, 1.807) is 48.5 Å². The molecule has 3 aromatic carbocycles. The van der Waals surface area contributed by atoms with E-state index in [0.29, 0.717) is 46.1 Å². The average molecular weight is 445 g/mol. The summed E-state index contributed by atoms with van der Waals surface area (Å²) in [5.41, 5.74) is 0.339. The maximum absolute atomic E-state index is 13.2. The van der Waals surface area contributed by atoms with Gasteiger partial charge in [-0.05, 0) is 37.3 Å². The summed E-state index contributed by atoms with van der Waals surface area (Å²) in [6, 6.07) is 19.2. The van der Waals surface area contributed by atoms with Crippen LogP contribution in [0.5, 0.6) is 17.2 Å². The third kappa shape index (κ3) is 4.23. The van der Waals surface area contributed by atoms with Crippen LogP contribution in [0, 0.1) is 0 Å². The minimum atomic E-state index is -0.666. The minimum Gasteiger partial charge on any atom is -0.493 e. The Balaban J connectivity index is 1.86. The fourth-order valence-corrected chi connectivity index (χ4v) is 3.52. The number of benzene rings is 3. The predicted molar refractivity (Wildman–Crippen MR) is 127 cm³/mol. The molecule has 4 aromatic rings. The Kier molecular flexibility index (Phi) is 5.99. The van der Waals surface area contributed by atoms with Gasteiger partial charge in [0.2, 0.25) is 0 Å². The number of fused-ring (bicyclic) bond motifs is 1. The van der Waals surface area contributed by atoms with Gasteiger partial charge in [-0.25, -0.2) is 0 Å². The van der Waals surface area contributed by atoms with E-state index in [9.17, 15) is 14.4 Å². The molecule has 0 bridgehead atoms. The summed E-state index contributed by atoms with van der Waals surface area (Å²) in [6.07, 6.45) is 0. The molecular formula is C25H23N3O5. The van der Waals surface area contributed by atoms with Crippen LogP contribution in [0.3, 0.4) is 0 Å². The molecule has 0 aliphatic heterocycles. The fraction of sp³-hybridized carbons (Fsp3) is 0.160. The van der Waals surface area contributed by atoms with Gasteiger partial charge in [0.05, 0.1) is 28.9 Å². The number of amides is 1. The molecule has 0 fully saturated rings. The number of nitrogens with zero attached hydrogens (tertiary/aromatic N) is 2. The van der Waals surface area contributed by atoms with Crippen LogP contribution in [0.1, 0.15) is 17.3 Å². The lowest BCUT2D eigenvalue weighted by molar-refractivity contribution is 0.102. The Morgan fingerprint density at radius 2 is 1.45 bits per heavy atom. The van der Waals surface area contributed by atoms with Crippen LogP contribution >= 0.6 is 0 Å². The van der Waals surface area contributed by atoms with Crippen molar-refractivity contribution in [3.8, 4) is 17.2 Å². The highest BCUT2D eigenvalue weighted by atomic mass is 16.5. The Labute approximate surface area is 189 Å². The van der Waals surface area contributed by atoms with Crippen LogP contribution in [-0.4, -0.2) is 21.6 Å². The van der Waals surface area contributed by atoms with E-state index in [0.717, 1.165) is 0 Å². The summed E-state index contributed by atoms with van der Waals surface area (Å²) in [4.78, 5) is 37.8. The quantitative estimate of drug-likeness (QED) is 0.457. The SMILES string of the molecule is CCOc1ccccc1C(=O)Nc1cc2c(cc1Oc1ccccc1)n(C)c(=O)c(=O)n2C. The smallest absolute Gasteiger partial charge is 0.316 e. The van der Waals surface area contributed by atoms with Crippen molar-refractivity contribution < 1.29 is 14.3 Å². The zero-order chi connectivity index (χ0) is 23.5. The number of anilines is 1. The molecular weight excluding hydrogens is 422 g/mol. The van der Waals surface area contributed by atoms with E-state index in [1.165, 1.54) is 23.2 Å². The van der Waals surface area contributed by atoms with Crippen molar-refractivity contribution in [3.63, 3.8) is 0 Å². The van der Waals surface area contributed by atoms with Crippen LogP contribution in [-0.2, 0) is 14.1 Å². The van der Waals surface area contributed by atoms with Crippen LogP contribution in [0.25, 0.3) is 11.0 Å². The Hall–Kier alpha value is -4.33. The second-order valence-electron chi connectivity index (χ2n) is 7.36.